The third kappa shape index (κ3) is 4.58. The second-order valence-corrected chi connectivity index (χ2v) is 6.21. The molecule has 2 nitrogen and oxygen atoms in total. The van der Waals surface area contributed by atoms with E-state index in [9.17, 15) is 17.6 Å². The number of rotatable bonds is 4. The lowest BCUT2D eigenvalue weighted by molar-refractivity contribution is -0.137. The van der Waals surface area contributed by atoms with Crippen molar-refractivity contribution in [3.63, 3.8) is 0 Å². The Balaban J connectivity index is 0.00000192. The molecule has 1 aromatic rings. The molecule has 1 N–H and O–H groups in total. The summed E-state index contributed by atoms with van der Waals surface area (Å²) in [6, 6.07) is 2.53. The number of nitrogens with one attached hydrogen (secondary N) is 1. The molecule has 1 atom stereocenters. The zero-order valence-corrected chi connectivity index (χ0v) is 13.5. The van der Waals surface area contributed by atoms with E-state index in [0.717, 1.165) is 63.6 Å². The van der Waals surface area contributed by atoms with Crippen molar-refractivity contribution in [1.82, 2.24) is 10.2 Å². The molecule has 0 bridgehead atoms. The molecule has 1 aromatic carbocycles. The molecule has 0 aromatic heterocycles. The molecule has 1 aliphatic heterocycles. The predicted molar refractivity (Wildman–Crippen MR) is 83.2 cm³/mol. The van der Waals surface area contributed by atoms with Crippen molar-refractivity contribution in [3.05, 3.63) is 35.1 Å². The van der Waals surface area contributed by atoms with Crippen molar-refractivity contribution < 1.29 is 17.6 Å². The fraction of sp³-hybridized carbons (Fsp3) is 0.625. The topological polar surface area (TPSA) is 15.3 Å². The molecule has 7 heteroatoms. The fourth-order valence-electron chi connectivity index (χ4n) is 3.11. The molecule has 0 unspecified atom stereocenters. The van der Waals surface area contributed by atoms with Gasteiger partial charge in [-0.25, -0.2) is 4.39 Å². The summed E-state index contributed by atoms with van der Waals surface area (Å²) >= 11 is 0. The smallest absolute Gasteiger partial charge is 0.314 e. The Kier molecular flexibility index (Phi) is 5.92. The number of piperazine rings is 1. The Morgan fingerprint density at radius 2 is 1.83 bits per heavy atom. The van der Waals surface area contributed by atoms with Gasteiger partial charge in [-0.1, -0.05) is 12.8 Å². The fourth-order valence-corrected chi connectivity index (χ4v) is 3.11. The molecule has 1 saturated carbocycles. The van der Waals surface area contributed by atoms with Crippen LogP contribution in [-0.4, -0.2) is 31.1 Å². The Bertz CT molecular complexity index is 525. The Morgan fingerprint density at radius 1 is 1.17 bits per heavy atom. The Hall–Kier alpha value is -0.850. The van der Waals surface area contributed by atoms with Crippen LogP contribution in [0, 0.1) is 11.7 Å². The summed E-state index contributed by atoms with van der Waals surface area (Å²) in [7, 11) is 0. The standard InChI is InChI=1S/C16H20F4N2.ClH/c17-14-4-3-12(16(18,19)20)10-13(14)15(9-11-1-2-11)22-7-5-21-6-8-22;/h3-4,10-11,15,21H,1-2,5-9H2;1H/t15-;/m1./s1. The van der Waals surface area contributed by atoms with Gasteiger partial charge in [-0.15, -0.1) is 12.4 Å². The van der Waals surface area contributed by atoms with Crippen molar-refractivity contribution in [2.24, 2.45) is 5.92 Å². The van der Waals surface area contributed by atoms with Crippen LogP contribution >= 0.6 is 12.4 Å². The van der Waals surface area contributed by atoms with Crippen molar-refractivity contribution >= 4 is 12.4 Å². The zero-order valence-electron chi connectivity index (χ0n) is 12.7. The van der Waals surface area contributed by atoms with Gasteiger partial charge in [0, 0.05) is 37.8 Å². The van der Waals surface area contributed by atoms with Gasteiger partial charge in [-0.2, -0.15) is 13.2 Å². The summed E-state index contributed by atoms with van der Waals surface area (Å²) in [4.78, 5) is 2.12. The van der Waals surface area contributed by atoms with Crippen LogP contribution in [0.3, 0.4) is 0 Å². The first-order valence-corrected chi connectivity index (χ1v) is 7.76. The summed E-state index contributed by atoms with van der Waals surface area (Å²) in [6.45, 7) is 3.07. The molecular weight excluding hydrogens is 332 g/mol. The van der Waals surface area contributed by atoms with Crippen LogP contribution in [0.25, 0.3) is 0 Å². The molecule has 130 valence electrons. The number of halogens is 5. The van der Waals surface area contributed by atoms with Crippen LogP contribution in [0.1, 0.15) is 36.4 Å². The quantitative estimate of drug-likeness (QED) is 0.824. The van der Waals surface area contributed by atoms with Gasteiger partial charge in [0.25, 0.3) is 0 Å². The second kappa shape index (κ2) is 7.36. The first-order chi connectivity index (χ1) is 10.4. The second-order valence-electron chi connectivity index (χ2n) is 6.21. The van der Waals surface area contributed by atoms with Gasteiger partial charge in [-0.05, 0) is 30.5 Å². The largest absolute Gasteiger partial charge is 0.416 e. The van der Waals surface area contributed by atoms with Crippen LogP contribution in [0.5, 0.6) is 0 Å². The maximum atomic E-state index is 14.2. The van der Waals surface area contributed by atoms with E-state index in [1.54, 1.807) is 0 Å². The van der Waals surface area contributed by atoms with E-state index in [1.807, 2.05) is 0 Å². The van der Waals surface area contributed by atoms with Gasteiger partial charge < -0.3 is 5.32 Å². The maximum Gasteiger partial charge on any atom is 0.416 e. The van der Waals surface area contributed by atoms with E-state index in [4.69, 9.17) is 0 Å². The van der Waals surface area contributed by atoms with Crippen molar-refractivity contribution in [2.45, 2.75) is 31.5 Å². The van der Waals surface area contributed by atoms with E-state index in [0.29, 0.717) is 5.92 Å². The first kappa shape index (κ1) is 18.5. The van der Waals surface area contributed by atoms with E-state index in [-0.39, 0.29) is 24.0 Å². The zero-order chi connectivity index (χ0) is 15.7. The lowest BCUT2D eigenvalue weighted by Gasteiger charge is -2.35. The van der Waals surface area contributed by atoms with Crippen LogP contribution in [0.15, 0.2) is 18.2 Å². The van der Waals surface area contributed by atoms with Crippen LogP contribution in [0.2, 0.25) is 0 Å². The van der Waals surface area contributed by atoms with Crippen molar-refractivity contribution in [2.75, 3.05) is 26.2 Å². The molecule has 1 saturated heterocycles. The normalized spacial score (nSPS) is 20.9. The molecule has 0 spiro atoms. The molecule has 23 heavy (non-hydrogen) atoms. The van der Waals surface area contributed by atoms with Gasteiger partial charge in [0.1, 0.15) is 5.82 Å². The minimum absolute atomic E-state index is 0. The Morgan fingerprint density at radius 3 is 2.39 bits per heavy atom. The average molecular weight is 353 g/mol. The average Bonchev–Trinajstić information content (AvgIpc) is 3.29. The molecule has 1 aliphatic carbocycles. The highest BCUT2D eigenvalue weighted by molar-refractivity contribution is 5.85. The number of hydrogen-bond donors (Lipinski definition) is 1. The van der Waals surface area contributed by atoms with Crippen LogP contribution < -0.4 is 5.32 Å². The number of alkyl halides is 3. The lowest BCUT2D eigenvalue weighted by Crippen LogP contribution is -2.45. The van der Waals surface area contributed by atoms with Gasteiger partial charge in [-0.3, -0.25) is 4.90 Å². The minimum atomic E-state index is -4.43. The first-order valence-electron chi connectivity index (χ1n) is 7.76. The highest BCUT2D eigenvalue weighted by Crippen LogP contribution is 2.42. The van der Waals surface area contributed by atoms with Gasteiger partial charge in [0.05, 0.1) is 5.56 Å². The highest BCUT2D eigenvalue weighted by atomic mass is 35.5. The predicted octanol–water partition coefficient (Wildman–Crippen LogP) is 4.01. The van der Waals surface area contributed by atoms with E-state index in [1.165, 1.54) is 0 Å². The molecule has 3 rings (SSSR count). The summed E-state index contributed by atoms with van der Waals surface area (Å²) in [5, 5.41) is 3.22. The summed E-state index contributed by atoms with van der Waals surface area (Å²) in [5.41, 5.74) is -0.566. The number of nitrogens with zero attached hydrogens (tertiary/aromatic N) is 1. The molecule has 0 amide bonds. The monoisotopic (exact) mass is 352 g/mol. The third-order valence-corrected chi connectivity index (χ3v) is 4.53. The lowest BCUT2D eigenvalue weighted by atomic mass is 9.96. The van der Waals surface area contributed by atoms with E-state index >= 15 is 0 Å². The van der Waals surface area contributed by atoms with Crippen molar-refractivity contribution in [1.29, 1.82) is 0 Å². The summed E-state index contributed by atoms with van der Waals surface area (Å²) < 4.78 is 53.0. The van der Waals surface area contributed by atoms with Gasteiger partial charge in [0.15, 0.2) is 0 Å². The van der Waals surface area contributed by atoms with Gasteiger partial charge in [0.2, 0.25) is 0 Å². The number of benzene rings is 1. The minimum Gasteiger partial charge on any atom is -0.314 e. The molecule has 1 heterocycles. The molecule has 2 aliphatic rings. The molecule has 2 fully saturated rings. The SMILES string of the molecule is Cl.Fc1ccc(C(F)(F)F)cc1[C@@H](CC1CC1)N1CCNCC1. The van der Waals surface area contributed by atoms with Crippen LogP contribution in [-0.2, 0) is 6.18 Å². The summed E-state index contributed by atoms with van der Waals surface area (Å²) in [5.74, 6) is -0.00832. The number of hydrogen-bond acceptors (Lipinski definition) is 2. The molecular formula is C16H21ClF4N2. The van der Waals surface area contributed by atoms with Crippen LogP contribution in [0.4, 0.5) is 17.6 Å². The van der Waals surface area contributed by atoms with Crippen molar-refractivity contribution in [3.8, 4) is 0 Å². The maximum absolute atomic E-state index is 14.2. The van der Waals surface area contributed by atoms with Gasteiger partial charge >= 0.3 is 6.18 Å². The molecule has 0 radical (unpaired) electrons. The Labute approximate surface area is 139 Å². The highest BCUT2D eigenvalue weighted by Gasteiger charge is 2.35. The van der Waals surface area contributed by atoms with E-state index in [2.05, 4.69) is 10.2 Å². The van der Waals surface area contributed by atoms with E-state index < -0.39 is 17.6 Å². The summed E-state index contributed by atoms with van der Waals surface area (Å²) in [6.07, 6.45) is -1.49. The third-order valence-electron chi connectivity index (χ3n) is 4.53.